The number of nitrogen functional groups attached to an aromatic ring is 1. The Morgan fingerprint density at radius 3 is 2.47 bits per heavy atom. The SMILES string of the molecule is COc1cc(-c2cc(N)on2)cc(C(C)F)c1OC. The highest BCUT2D eigenvalue weighted by molar-refractivity contribution is 5.68. The highest BCUT2D eigenvalue weighted by Crippen LogP contribution is 2.40. The molecule has 1 aromatic heterocycles. The first kappa shape index (κ1) is 13.2. The molecule has 2 N–H and O–H groups in total. The number of halogens is 1. The van der Waals surface area contributed by atoms with Crippen molar-refractivity contribution in [2.24, 2.45) is 0 Å². The standard InChI is InChI=1S/C13H15FN2O3/c1-7(14)9-4-8(10-6-12(15)19-16-10)5-11(17-2)13(9)18-3/h4-7H,15H2,1-3H3. The quantitative estimate of drug-likeness (QED) is 0.921. The van der Waals surface area contributed by atoms with E-state index in [0.717, 1.165) is 0 Å². The minimum absolute atomic E-state index is 0.194. The molecule has 1 heterocycles. The first-order valence-corrected chi connectivity index (χ1v) is 5.69. The van der Waals surface area contributed by atoms with Gasteiger partial charge >= 0.3 is 0 Å². The predicted octanol–water partition coefficient (Wildman–Crippen LogP) is 2.97. The van der Waals surface area contributed by atoms with Gasteiger partial charge in [-0.3, -0.25) is 0 Å². The summed E-state index contributed by atoms with van der Waals surface area (Å²) in [6.45, 7) is 1.43. The van der Waals surface area contributed by atoms with E-state index in [-0.39, 0.29) is 5.88 Å². The van der Waals surface area contributed by atoms with E-state index in [2.05, 4.69) is 5.16 Å². The summed E-state index contributed by atoms with van der Waals surface area (Å²) in [5.41, 5.74) is 7.03. The first-order chi connectivity index (χ1) is 9.06. The van der Waals surface area contributed by atoms with Crippen LogP contribution in [0.4, 0.5) is 10.3 Å². The second kappa shape index (κ2) is 5.17. The fourth-order valence-corrected chi connectivity index (χ4v) is 1.86. The number of anilines is 1. The normalized spacial score (nSPS) is 12.2. The second-order valence-electron chi connectivity index (χ2n) is 4.03. The van der Waals surface area contributed by atoms with E-state index in [4.69, 9.17) is 19.7 Å². The monoisotopic (exact) mass is 266 g/mol. The van der Waals surface area contributed by atoms with Crippen LogP contribution in [0.3, 0.4) is 0 Å². The third-order valence-corrected chi connectivity index (χ3v) is 2.76. The molecule has 1 atom stereocenters. The number of nitrogens with zero attached hydrogens (tertiary/aromatic N) is 1. The van der Waals surface area contributed by atoms with Crippen molar-refractivity contribution in [3.63, 3.8) is 0 Å². The summed E-state index contributed by atoms with van der Waals surface area (Å²) < 4.78 is 28.9. The fraction of sp³-hybridized carbons (Fsp3) is 0.308. The number of benzene rings is 1. The summed E-state index contributed by atoms with van der Waals surface area (Å²) in [7, 11) is 2.96. The molecule has 2 aromatic rings. The summed E-state index contributed by atoms with van der Waals surface area (Å²) in [6.07, 6.45) is -1.20. The fourth-order valence-electron chi connectivity index (χ4n) is 1.86. The van der Waals surface area contributed by atoms with Gasteiger partial charge in [-0.2, -0.15) is 0 Å². The van der Waals surface area contributed by atoms with E-state index in [0.29, 0.717) is 28.3 Å². The van der Waals surface area contributed by atoms with Gasteiger partial charge in [0.25, 0.3) is 0 Å². The molecule has 1 aromatic carbocycles. The molecule has 0 aliphatic rings. The number of rotatable bonds is 4. The average Bonchev–Trinajstić information content (AvgIpc) is 2.83. The predicted molar refractivity (Wildman–Crippen MR) is 69.0 cm³/mol. The Balaban J connectivity index is 2.60. The van der Waals surface area contributed by atoms with Gasteiger partial charge in [-0.05, 0) is 19.1 Å². The summed E-state index contributed by atoms with van der Waals surface area (Å²) >= 11 is 0. The topological polar surface area (TPSA) is 70.5 Å². The number of alkyl halides is 1. The van der Waals surface area contributed by atoms with Crippen molar-refractivity contribution >= 4 is 5.88 Å². The van der Waals surface area contributed by atoms with Crippen molar-refractivity contribution in [3.8, 4) is 22.8 Å². The Kier molecular flexibility index (Phi) is 3.59. The average molecular weight is 266 g/mol. The highest BCUT2D eigenvalue weighted by Gasteiger charge is 2.19. The molecule has 0 amide bonds. The molecule has 5 nitrogen and oxygen atoms in total. The minimum atomic E-state index is -1.20. The lowest BCUT2D eigenvalue weighted by Gasteiger charge is -2.15. The lowest BCUT2D eigenvalue weighted by atomic mass is 10.0. The van der Waals surface area contributed by atoms with Crippen molar-refractivity contribution in [2.75, 3.05) is 20.0 Å². The number of methoxy groups -OCH3 is 2. The van der Waals surface area contributed by atoms with Gasteiger partial charge in [0.2, 0.25) is 5.88 Å². The van der Waals surface area contributed by atoms with Gasteiger partial charge in [-0.1, -0.05) is 5.16 Å². The molecule has 102 valence electrons. The Morgan fingerprint density at radius 2 is 2.00 bits per heavy atom. The van der Waals surface area contributed by atoms with Gasteiger partial charge in [-0.15, -0.1) is 0 Å². The molecule has 6 heteroatoms. The lowest BCUT2D eigenvalue weighted by molar-refractivity contribution is 0.324. The Bertz CT molecular complexity index is 581. The van der Waals surface area contributed by atoms with Gasteiger partial charge in [0.15, 0.2) is 11.5 Å². The molecule has 19 heavy (non-hydrogen) atoms. The Hall–Kier alpha value is -2.24. The molecule has 0 fully saturated rings. The van der Waals surface area contributed by atoms with Crippen LogP contribution in [-0.4, -0.2) is 19.4 Å². The van der Waals surface area contributed by atoms with E-state index in [1.165, 1.54) is 21.1 Å². The smallest absolute Gasteiger partial charge is 0.222 e. The number of aromatic nitrogens is 1. The van der Waals surface area contributed by atoms with Crippen LogP contribution in [0, 0.1) is 0 Å². The molecule has 0 saturated heterocycles. The molecular weight excluding hydrogens is 251 g/mol. The van der Waals surface area contributed by atoms with Crippen molar-refractivity contribution < 1.29 is 18.4 Å². The van der Waals surface area contributed by atoms with Crippen LogP contribution in [0.25, 0.3) is 11.3 Å². The Morgan fingerprint density at radius 1 is 1.26 bits per heavy atom. The van der Waals surface area contributed by atoms with E-state index >= 15 is 0 Å². The molecular formula is C13H15FN2O3. The maximum absolute atomic E-state index is 13.7. The zero-order chi connectivity index (χ0) is 14.0. The maximum atomic E-state index is 13.7. The molecule has 0 bridgehead atoms. The van der Waals surface area contributed by atoms with E-state index in [9.17, 15) is 4.39 Å². The third kappa shape index (κ3) is 2.47. The van der Waals surface area contributed by atoms with Crippen LogP contribution in [0.1, 0.15) is 18.7 Å². The molecule has 0 aliphatic carbocycles. The van der Waals surface area contributed by atoms with E-state index < -0.39 is 6.17 Å². The molecule has 1 unspecified atom stereocenters. The molecule has 0 radical (unpaired) electrons. The number of hydrogen-bond acceptors (Lipinski definition) is 5. The summed E-state index contributed by atoms with van der Waals surface area (Å²) in [5.74, 6) is 0.999. The van der Waals surface area contributed by atoms with Gasteiger partial charge in [0.05, 0.1) is 14.2 Å². The molecule has 2 rings (SSSR count). The van der Waals surface area contributed by atoms with Crippen LogP contribution in [0.15, 0.2) is 22.7 Å². The second-order valence-corrected chi connectivity index (χ2v) is 4.03. The lowest BCUT2D eigenvalue weighted by Crippen LogP contribution is -1.98. The van der Waals surface area contributed by atoms with E-state index in [1.54, 1.807) is 18.2 Å². The summed E-state index contributed by atoms with van der Waals surface area (Å²) in [6, 6.07) is 4.90. The van der Waals surface area contributed by atoms with Crippen LogP contribution >= 0.6 is 0 Å². The van der Waals surface area contributed by atoms with Crippen molar-refractivity contribution in [2.45, 2.75) is 13.1 Å². The maximum Gasteiger partial charge on any atom is 0.222 e. The first-order valence-electron chi connectivity index (χ1n) is 5.69. The number of nitrogens with two attached hydrogens (primary N) is 1. The van der Waals surface area contributed by atoms with Crippen LogP contribution in [-0.2, 0) is 0 Å². The third-order valence-electron chi connectivity index (χ3n) is 2.76. The van der Waals surface area contributed by atoms with Crippen molar-refractivity contribution in [3.05, 3.63) is 23.8 Å². The molecule has 0 spiro atoms. The highest BCUT2D eigenvalue weighted by atomic mass is 19.1. The van der Waals surface area contributed by atoms with Crippen molar-refractivity contribution in [1.29, 1.82) is 0 Å². The summed E-state index contributed by atoms with van der Waals surface area (Å²) in [4.78, 5) is 0. The van der Waals surface area contributed by atoms with Gasteiger partial charge in [0.1, 0.15) is 11.9 Å². The largest absolute Gasteiger partial charge is 0.493 e. The molecule has 0 saturated carbocycles. The Labute approximate surface area is 110 Å². The van der Waals surface area contributed by atoms with Crippen LogP contribution in [0.5, 0.6) is 11.5 Å². The van der Waals surface area contributed by atoms with Crippen LogP contribution in [0.2, 0.25) is 0 Å². The molecule has 0 aliphatic heterocycles. The van der Waals surface area contributed by atoms with Crippen LogP contribution < -0.4 is 15.2 Å². The van der Waals surface area contributed by atoms with Gasteiger partial charge < -0.3 is 19.7 Å². The van der Waals surface area contributed by atoms with Crippen molar-refractivity contribution in [1.82, 2.24) is 5.16 Å². The zero-order valence-electron chi connectivity index (χ0n) is 10.9. The number of hydrogen-bond donors (Lipinski definition) is 1. The summed E-state index contributed by atoms with van der Waals surface area (Å²) in [5, 5.41) is 3.80. The van der Waals surface area contributed by atoms with E-state index in [1.807, 2.05) is 0 Å². The number of ether oxygens (including phenoxy) is 2. The van der Waals surface area contributed by atoms with Gasteiger partial charge in [-0.25, -0.2) is 4.39 Å². The zero-order valence-corrected chi connectivity index (χ0v) is 10.9. The minimum Gasteiger partial charge on any atom is -0.493 e. The van der Waals surface area contributed by atoms with Gasteiger partial charge in [0, 0.05) is 17.2 Å².